The van der Waals surface area contributed by atoms with Crippen molar-refractivity contribution in [3.8, 4) is 11.8 Å². The van der Waals surface area contributed by atoms with Gasteiger partial charge in [0, 0.05) is 18.2 Å². The van der Waals surface area contributed by atoms with Crippen LogP contribution in [0.15, 0.2) is 70.4 Å². The molecule has 1 unspecified atom stereocenters. The Morgan fingerprint density at radius 1 is 0.900 bits per heavy atom. The van der Waals surface area contributed by atoms with Crippen LogP contribution < -0.4 is 11.2 Å². The van der Waals surface area contributed by atoms with E-state index in [1.54, 1.807) is 0 Å². The fourth-order valence-corrected chi connectivity index (χ4v) is 8.59. The third-order valence-corrected chi connectivity index (χ3v) is 20.3. The number of aliphatic hydroxyl groups excluding tert-OH is 1. The van der Waals surface area contributed by atoms with Gasteiger partial charge >= 0.3 is 5.69 Å². The molecule has 8 nitrogen and oxygen atoms in total. The normalized spacial score (nSPS) is 19.7. The Labute approximate surface area is 296 Å². The van der Waals surface area contributed by atoms with E-state index in [0.717, 1.165) is 32.3 Å². The van der Waals surface area contributed by atoms with E-state index < -0.39 is 46.3 Å². The zero-order valence-electron chi connectivity index (χ0n) is 30.9. The molecule has 4 atom stereocenters. The topological polar surface area (TPSA) is 103 Å². The van der Waals surface area contributed by atoms with Crippen molar-refractivity contribution in [2.75, 3.05) is 6.61 Å². The highest BCUT2D eigenvalue weighted by molar-refractivity contribution is 6.74. The van der Waals surface area contributed by atoms with Crippen molar-refractivity contribution in [2.45, 2.75) is 109 Å². The Balaban J connectivity index is 1.31. The first-order chi connectivity index (χ1) is 23.3. The van der Waals surface area contributed by atoms with E-state index in [0.29, 0.717) is 18.6 Å². The van der Waals surface area contributed by atoms with Gasteiger partial charge in [0.05, 0.1) is 12.7 Å². The molecule has 6 rings (SSSR count). The number of hydrogen-bond donors (Lipinski definition) is 2. The van der Waals surface area contributed by atoms with Crippen molar-refractivity contribution >= 4 is 49.0 Å². The summed E-state index contributed by atoms with van der Waals surface area (Å²) >= 11 is 0. The summed E-state index contributed by atoms with van der Waals surface area (Å²) in [4.78, 5) is 28.7. The van der Waals surface area contributed by atoms with E-state index in [9.17, 15) is 14.7 Å². The lowest BCUT2D eigenvalue weighted by atomic mass is 9.90. The van der Waals surface area contributed by atoms with Crippen molar-refractivity contribution in [3.63, 3.8) is 0 Å². The molecular formula is C40H50N2O6Si2. The Bertz CT molecular complexity index is 2220. The molecule has 1 aliphatic rings. The molecule has 0 amide bonds. The molecule has 264 valence electrons. The van der Waals surface area contributed by atoms with Gasteiger partial charge in [-0.2, -0.15) is 0 Å². The van der Waals surface area contributed by atoms with E-state index in [1.165, 1.54) is 10.8 Å². The van der Waals surface area contributed by atoms with Crippen molar-refractivity contribution in [3.05, 3.63) is 92.8 Å². The molecule has 10 heteroatoms. The van der Waals surface area contributed by atoms with Crippen LogP contribution in [-0.4, -0.2) is 50.1 Å². The quantitative estimate of drug-likeness (QED) is 0.100. The molecule has 1 saturated heterocycles. The number of benzene rings is 4. The van der Waals surface area contributed by atoms with Crippen LogP contribution in [0.5, 0.6) is 0 Å². The monoisotopic (exact) mass is 710 g/mol. The van der Waals surface area contributed by atoms with E-state index in [-0.39, 0.29) is 21.7 Å². The molecular weight excluding hydrogens is 661 g/mol. The van der Waals surface area contributed by atoms with Gasteiger partial charge in [0.15, 0.2) is 16.6 Å². The van der Waals surface area contributed by atoms with Gasteiger partial charge in [0.1, 0.15) is 24.0 Å². The van der Waals surface area contributed by atoms with Crippen LogP contribution in [0.1, 0.15) is 71.4 Å². The first-order valence-corrected chi connectivity index (χ1v) is 23.3. The number of aliphatic hydroxyl groups is 1. The van der Waals surface area contributed by atoms with Gasteiger partial charge in [-0.25, -0.2) is 4.79 Å². The van der Waals surface area contributed by atoms with Gasteiger partial charge in [-0.15, -0.1) is 0 Å². The van der Waals surface area contributed by atoms with Gasteiger partial charge in [0.25, 0.3) is 5.56 Å². The lowest BCUT2D eigenvalue weighted by Crippen LogP contribution is -2.48. The van der Waals surface area contributed by atoms with Gasteiger partial charge in [-0.05, 0) is 68.6 Å². The Morgan fingerprint density at radius 3 is 2.14 bits per heavy atom. The summed E-state index contributed by atoms with van der Waals surface area (Å²) in [7, 11) is -4.30. The largest absolute Gasteiger partial charge is 0.414 e. The molecule has 0 saturated carbocycles. The molecule has 1 aromatic heterocycles. The van der Waals surface area contributed by atoms with E-state index in [2.05, 4.69) is 115 Å². The number of hydrogen-bond acceptors (Lipinski definition) is 6. The second-order valence-electron chi connectivity index (χ2n) is 16.7. The molecule has 2 N–H and O–H groups in total. The summed E-state index contributed by atoms with van der Waals surface area (Å²) in [6.07, 6.45) is -0.687. The molecule has 0 radical (unpaired) electrons. The summed E-state index contributed by atoms with van der Waals surface area (Å²) in [5, 5.41) is 17.8. The van der Waals surface area contributed by atoms with Gasteiger partial charge < -0.3 is 18.7 Å². The van der Waals surface area contributed by atoms with Crippen LogP contribution in [0, 0.1) is 11.8 Å². The summed E-state index contributed by atoms with van der Waals surface area (Å²) in [5.41, 5.74) is -0.490. The van der Waals surface area contributed by atoms with E-state index >= 15 is 0 Å². The molecule has 2 heterocycles. The van der Waals surface area contributed by atoms with Crippen LogP contribution >= 0.6 is 0 Å². The van der Waals surface area contributed by atoms with Gasteiger partial charge in [-0.3, -0.25) is 14.3 Å². The predicted molar refractivity (Wildman–Crippen MR) is 207 cm³/mol. The van der Waals surface area contributed by atoms with Crippen molar-refractivity contribution in [2.24, 2.45) is 0 Å². The highest BCUT2D eigenvalue weighted by Crippen LogP contribution is 2.42. The van der Waals surface area contributed by atoms with Crippen LogP contribution in [0.25, 0.3) is 32.3 Å². The van der Waals surface area contributed by atoms with Crippen molar-refractivity contribution < 1.29 is 18.7 Å². The summed E-state index contributed by atoms with van der Waals surface area (Å²) in [6.45, 7) is 22.4. The standard InChI is InChI=1S/C40H50N2O6Si2/c1-39(2,3)49(7,8)46-24-33-32(48-50(9,10)40(4,5)6)22-34(47-33)42-23-28(37(44)41-38(42)45)18-21-31(43)29-19-16-27-15-14-25-12-11-13-26-17-20-30(29)36(27)35(25)26/h11-17,19-20,23,31-34,43H,22,24H2,1-10H3,(H,41,44,45)/t31?,32-,33+,34+/m0/s1. The van der Waals surface area contributed by atoms with Crippen LogP contribution in [0.3, 0.4) is 0 Å². The van der Waals surface area contributed by atoms with Crippen LogP contribution in [-0.2, 0) is 13.6 Å². The summed E-state index contributed by atoms with van der Waals surface area (Å²) in [5.74, 6) is 5.75. The predicted octanol–water partition coefficient (Wildman–Crippen LogP) is 8.22. The molecule has 5 aromatic rings. The minimum atomic E-state index is -2.21. The lowest BCUT2D eigenvalue weighted by molar-refractivity contribution is -0.0412. The lowest BCUT2D eigenvalue weighted by Gasteiger charge is -2.40. The average Bonchev–Trinajstić information content (AvgIpc) is 3.42. The Kier molecular flexibility index (Phi) is 9.34. The second kappa shape index (κ2) is 12.9. The minimum Gasteiger partial charge on any atom is -0.414 e. The smallest absolute Gasteiger partial charge is 0.330 e. The molecule has 1 fully saturated rings. The maximum atomic E-state index is 13.2. The zero-order valence-corrected chi connectivity index (χ0v) is 32.9. The number of H-pyrrole nitrogens is 1. The molecule has 4 aromatic carbocycles. The van der Waals surface area contributed by atoms with Crippen molar-refractivity contribution in [1.82, 2.24) is 9.55 Å². The number of aromatic nitrogens is 2. The number of ether oxygens (including phenoxy) is 1. The van der Waals surface area contributed by atoms with Crippen LogP contribution in [0.4, 0.5) is 0 Å². The fraction of sp³-hybridized carbons (Fsp3) is 0.450. The van der Waals surface area contributed by atoms with Crippen LogP contribution in [0.2, 0.25) is 36.3 Å². The number of rotatable bonds is 7. The summed E-state index contributed by atoms with van der Waals surface area (Å²) in [6, 6.07) is 18.4. The van der Waals surface area contributed by atoms with Crippen molar-refractivity contribution in [1.29, 1.82) is 0 Å². The maximum Gasteiger partial charge on any atom is 0.330 e. The summed E-state index contributed by atoms with van der Waals surface area (Å²) < 4.78 is 21.4. The number of aromatic amines is 1. The average molecular weight is 711 g/mol. The third-order valence-electron chi connectivity index (χ3n) is 11.3. The Hall–Kier alpha value is -3.57. The van der Waals surface area contributed by atoms with Gasteiger partial charge in [-0.1, -0.05) is 108 Å². The first kappa shape index (κ1) is 36.2. The maximum absolute atomic E-state index is 13.2. The highest BCUT2D eigenvalue weighted by atomic mass is 28.4. The minimum absolute atomic E-state index is 0.0202. The molecule has 0 bridgehead atoms. The number of nitrogens with one attached hydrogen (secondary N) is 1. The first-order valence-electron chi connectivity index (χ1n) is 17.5. The fourth-order valence-electron chi connectivity index (χ4n) is 6.22. The third kappa shape index (κ3) is 6.75. The second-order valence-corrected chi connectivity index (χ2v) is 26.3. The zero-order chi connectivity index (χ0) is 36.4. The van der Waals surface area contributed by atoms with E-state index in [4.69, 9.17) is 13.6 Å². The molecule has 0 aliphatic carbocycles. The van der Waals surface area contributed by atoms with E-state index in [1.807, 2.05) is 24.3 Å². The number of nitrogens with zero attached hydrogens (tertiary/aromatic N) is 1. The molecule has 0 spiro atoms. The Morgan fingerprint density at radius 2 is 1.50 bits per heavy atom. The molecule has 1 aliphatic heterocycles. The molecule has 50 heavy (non-hydrogen) atoms. The highest BCUT2D eigenvalue weighted by Gasteiger charge is 2.46. The van der Waals surface area contributed by atoms with Gasteiger partial charge in [0.2, 0.25) is 0 Å². The SMILES string of the molecule is CC(C)(C)[Si](C)(C)OC[C@H]1O[C@@H](n2cc(C#CC(O)c3ccc4ccc5cccc6ccc3c4c56)c(=O)[nH]c2=O)C[C@@H]1O[Si](C)(C)C(C)(C)C.